The monoisotopic (exact) mass is 392 g/mol. The molecule has 1 unspecified atom stereocenters. The number of ether oxygens (including phenoxy) is 1. The van der Waals surface area contributed by atoms with Gasteiger partial charge >= 0.3 is 0 Å². The Morgan fingerprint density at radius 1 is 1.04 bits per heavy atom. The van der Waals surface area contributed by atoms with Gasteiger partial charge in [0.25, 0.3) is 5.91 Å². The van der Waals surface area contributed by atoms with Crippen molar-refractivity contribution in [1.29, 1.82) is 0 Å². The minimum absolute atomic E-state index is 0.0355. The first-order valence-corrected chi connectivity index (χ1v) is 10.1. The van der Waals surface area contributed by atoms with Crippen LogP contribution in [0.5, 0.6) is 11.5 Å². The summed E-state index contributed by atoms with van der Waals surface area (Å²) in [6.45, 7) is 1.14. The number of ketones is 1. The number of likely N-dealkylation sites (tertiary alicyclic amines) is 1. The van der Waals surface area contributed by atoms with Gasteiger partial charge in [-0.15, -0.1) is 11.3 Å². The molecule has 4 rings (SSSR count). The van der Waals surface area contributed by atoms with E-state index in [-0.39, 0.29) is 17.6 Å². The second-order valence-electron chi connectivity index (χ2n) is 6.76. The number of carbonyl (C=O) groups is 2. The van der Waals surface area contributed by atoms with Crippen LogP contribution in [-0.4, -0.2) is 34.7 Å². The molecule has 2 heterocycles. The Labute approximate surface area is 167 Å². The first-order valence-electron chi connectivity index (χ1n) is 9.25. The van der Waals surface area contributed by atoms with E-state index in [4.69, 9.17) is 4.74 Å². The van der Waals surface area contributed by atoms with Crippen LogP contribution in [0.1, 0.15) is 32.9 Å². The minimum Gasteiger partial charge on any atom is -0.457 e. The molecular weight excluding hydrogens is 372 g/mol. The van der Waals surface area contributed by atoms with Crippen molar-refractivity contribution in [3.63, 3.8) is 0 Å². The zero-order valence-corrected chi connectivity index (χ0v) is 16.1. The van der Waals surface area contributed by atoms with Crippen molar-refractivity contribution >= 4 is 23.0 Å². The van der Waals surface area contributed by atoms with Crippen LogP contribution in [0.15, 0.2) is 66.3 Å². The van der Waals surface area contributed by atoms with Gasteiger partial charge in [0.05, 0.1) is 11.7 Å². The Bertz CT molecular complexity index is 940. The SMILES string of the molecule is O=C(c1ccc(Oc2ccccc2)cc1)C1CCCN(C(=O)c2cncs2)C1. The van der Waals surface area contributed by atoms with Gasteiger partial charge in [-0.3, -0.25) is 14.6 Å². The van der Waals surface area contributed by atoms with E-state index in [2.05, 4.69) is 4.98 Å². The first-order chi connectivity index (χ1) is 13.7. The maximum Gasteiger partial charge on any atom is 0.265 e. The molecule has 0 N–H and O–H groups in total. The van der Waals surface area contributed by atoms with Crippen molar-refractivity contribution in [2.45, 2.75) is 12.8 Å². The van der Waals surface area contributed by atoms with Crippen LogP contribution < -0.4 is 4.74 Å². The van der Waals surface area contributed by atoms with Crippen LogP contribution in [0.2, 0.25) is 0 Å². The van der Waals surface area contributed by atoms with Crippen molar-refractivity contribution < 1.29 is 14.3 Å². The molecule has 5 nitrogen and oxygen atoms in total. The first kappa shape index (κ1) is 18.4. The highest BCUT2D eigenvalue weighted by Crippen LogP contribution is 2.25. The van der Waals surface area contributed by atoms with Crippen LogP contribution >= 0.6 is 11.3 Å². The predicted molar refractivity (Wildman–Crippen MR) is 108 cm³/mol. The summed E-state index contributed by atoms with van der Waals surface area (Å²) < 4.78 is 5.78. The molecule has 0 bridgehead atoms. The molecule has 2 aromatic carbocycles. The Morgan fingerprint density at radius 2 is 1.79 bits per heavy atom. The molecule has 0 saturated carbocycles. The maximum absolute atomic E-state index is 12.9. The number of rotatable bonds is 5. The summed E-state index contributed by atoms with van der Waals surface area (Å²) in [6.07, 6.45) is 3.22. The Balaban J connectivity index is 1.41. The second-order valence-corrected chi connectivity index (χ2v) is 7.65. The molecule has 1 fully saturated rings. The molecule has 3 aromatic rings. The van der Waals surface area contributed by atoms with Crippen molar-refractivity contribution in [2.24, 2.45) is 5.92 Å². The third-order valence-corrected chi connectivity index (χ3v) is 5.60. The molecule has 28 heavy (non-hydrogen) atoms. The van der Waals surface area contributed by atoms with E-state index < -0.39 is 0 Å². The van der Waals surface area contributed by atoms with E-state index in [1.807, 2.05) is 42.5 Å². The molecular formula is C22H20N2O3S. The number of thiazole rings is 1. The Kier molecular flexibility index (Phi) is 5.48. The molecule has 0 radical (unpaired) electrons. The van der Waals surface area contributed by atoms with Crippen molar-refractivity contribution in [3.8, 4) is 11.5 Å². The van der Waals surface area contributed by atoms with Crippen LogP contribution in [-0.2, 0) is 0 Å². The molecule has 1 saturated heterocycles. The number of para-hydroxylation sites is 1. The van der Waals surface area contributed by atoms with Gasteiger partial charge in [0.15, 0.2) is 5.78 Å². The highest BCUT2D eigenvalue weighted by Gasteiger charge is 2.30. The number of carbonyl (C=O) groups excluding carboxylic acids is 2. The van der Waals surface area contributed by atoms with Gasteiger partial charge in [-0.05, 0) is 49.2 Å². The third kappa shape index (κ3) is 4.12. The lowest BCUT2D eigenvalue weighted by Gasteiger charge is -2.31. The third-order valence-electron chi connectivity index (χ3n) is 4.84. The van der Waals surface area contributed by atoms with Gasteiger partial charge in [0.1, 0.15) is 16.4 Å². The van der Waals surface area contributed by atoms with Crippen LogP contribution in [0.4, 0.5) is 0 Å². The fourth-order valence-electron chi connectivity index (χ4n) is 3.40. The Hall–Kier alpha value is -2.99. The average Bonchev–Trinajstić information content (AvgIpc) is 3.29. The van der Waals surface area contributed by atoms with E-state index in [9.17, 15) is 9.59 Å². The molecule has 1 aliphatic heterocycles. The number of amides is 1. The summed E-state index contributed by atoms with van der Waals surface area (Å²) in [4.78, 5) is 31.8. The zero-order chi connectivity index (χ0) is 19.3. The number of piperidine rings is 1. The number of nitrogens with zero attached hydrogens (tertiary/aromatic N) is 2. The van der Waals surface area contributed by atoms with E-state index in [1.54, 1.807) is 28.7 Å². The van der Waals surface area contributed by atoms with Crippen LogP contribution in [0.3, 0.4) is 0 Å². The summed E-state index contributed by atoms with van der Waals surface area (Å²) in [5, 5.41) is 0. The topological polar surface area (TPSA) is 59.5 Å². The summed E-state index contributed by atoms with van der Waals surface area (Å²) in [5.74, 6) is 1.31. The van der Waals surface area contributed by atoms with Gasteiger partial charge in [-0.2, -0.15) is 0 Å². The summed E-state index contributed by atoms with van der Waals surface area (Å²) >= 11 is 1.33. The van der Waals surface area contributed by atoms with E-state index in [1.165, 1.54) is 11.3 Å². The van der Waals surface area contributed by atoms with E-state index in [0.717, 1.165) is 18.6 Å². The van der Waals surface area contributed by atoms with Crippen LogP contribution in [0, 0.1) is 5.92 Å². The quantitative estimate of drug-likeness (QED) is 0.592. The van der Waals surface area contributed by atoms with Gasteiger partial charge < -0.3 is 9.64 Å². The summed E-state index contributed by atoms with van der Waals surface area (Å²) in [5.41, 5.74) is 2.30. The number of benzene rings is 2. The molecule has 1 aromatic heterocycles. The molecule has 142 valence electrons. The van der Waals surface area contributed by atoms with Crippen LogP contribution in [0.25, 0.3) is 0 Å². The average molecular weight is 392 g/mol. The second kappa shape index (κ2) is 8.35. The normalized spacial score (nSPS) is 16.6. The lowest BCUT2D eigenvalue weighted by atomic mass is 9.90. The molecule has 1 aliphatic rings. The van der Waals surface area contributed by atoms with Gasteiger partial charge in [-0.1, -0.05) is 18.2 Å². The summed E-state index contributed by atoms with van der Waals surface area (Å²) in [7, 11) is 0. The Morgan fingerprint density at radius 3 is 2.50 bits per heavy atom. The number of Topliss-reactive ketones (excluding diaryl/α,β-unsaturated/α-hetero) is 1. The fourth-order valence-corrected chi connectivity index (χ4v) is 3.99. The number of hydrogen-bond donors (Lipinski definition) is 0. The number of aromatic nitrogens is 1. The van der Waals surface area contributed by atoms with E-state index in [0.29, 0.717) is 29.3 Å². The molecule has 1 atom stereocenters. The molecule has 0 aliphatic carbocycles. The van der Waals surface area contributed by atoms with Crippen molar-refractivity contribution in [3.05, 3.63) is 76.7 Å². The molecule has 0 spiro atoms. The lowest BCUT2D eigenvalue weighted by Crippen LogP contribution is -2.42. The van der Waals surface area contributed by atoms with Crippen molar-refractivity contribution in [1.82, 2.24) is 9.88 Å². The fraction of sp³-hybridized carbons (Fsp3) is 0.227. The molecule has 1 amide bonds. The summed E-state index contributed by atoms with van der Waals surface area (Å²) in [6, 6.07) is 16.7. The standard InChI is InChI=1S/C22H20N2O3S/c25-21(16-8-10-19(11-9-16)27-18-6-2-1-3-7-18)17-5-4-12-24(14-17)22(26)20-13-23-15-28-20/h1-3,6-11,13,15,17H,4-5,12,14H2. The number of hydrogen-bond acceptors (Lipinski definition) is 5. The maximum atomic E-state index is 12.9. The molecule has 6 heteroatoms. The van der Waals surface area contributed by atoms with Gasteiger partial charge in [0, 0.05) is 24.6 Å². The van der Waals surface area contributed by atoms with Crippen molar-refractivity contribution in [2.75, 3.05) is 13.1 Å². The van der Waals surface area contributed by atoms with Gasteiger partial charge in [0.2, 0.25) is 0 Å². The smallest absolute Gasteiger partial charge is 0.265 e. The van der Waals surface area contributed by atoms with E-state index >= 15 is 0 Å². The highest BCUT2D eigenvalue weighted by molar-refractivity contribution is 7.11. The lowest BCUT2D eigenvalue weighted by molar-refractivity contribution is 0.0640. The van der Waals surface area contributed by atoms with Gasteiger partial charge in [-0.25, -0.2) is 0 Å². The predicted octanol–water partition coefficient (Wildman–Crippen LogP) is 4.67. The zero-order valence-electron chi connectivity index (χ0n) is 15.3. The highest BCUT2D eigenvalue weighted by atomic mass is 32.1. The largest absolute Gasteiger partial charge is 0.457 e. The minimum atomic E-state index is -0.175.